The maximum absolute atomic E-state index is 16.1. The van der Waals surface area contributed by atoms with E-state index in [1.165, 1.54) is 34.1 Å². The summed E-state index contributed by atoms with van der Waals surface area (Å²) in [6.07, 6.45) is 1.33. The van der Waals surface area contributed by atoms with Gasteiger partial charge in [-0.05, 0) is 97.9 Å². The second kappa shape index (κ2) is 15.9. The minimum atomic E-state index is -2.70. The maximum atomic E-state index is 16.1. The smallest absolute Gasteiger partial charge is 0.255 e. The molecule has 12 nitrogen and oxygen atoms in total. The van der Waals surface area contributed by atoms with E-state index < -0.39 is 48.6 Å². The molecule has 6 aliphatic heterocycles. The second-order valence-electron chi connectivity index (χ2n) is 17.7. The van der Waals surface area contributed by atoms with E-state index in [-0.39, 0.29) is 60.4 Å². The number of carbonyl (C=O) groups excluding carboxylic acids is 4. The van der Waals surface area contributed by atoms with E-state index in [0.29, 0.717) is 79.4 Å². The molecule has 324 valence electrons. The van der Waals surface area contributed by atoms with Gasteiger partial charge in [-0.1, -0.05) is 6.07 Å². The van der Waals surface area contributed by atoms with Crippen LogP contribution in [0, 0.1) is 17.0 Å². The predicted molar refractivity (Wildman–Crippen MR) is 215 cm³/mol. The van der Waals surface area contributed by atoms with Crippen LogP contribution in [0.2, 0.25) is 0 Å². The van der Waals surface area contributed by atoms with Gasteiger partial charge in [0.1, 0.15) is 29.2 Å². The summed E-state index contributed by atoms with van der Waals surface area (Å²) in [7, 11) is 1.56. The molecule has 0 radical (unpaired) electrons. The van der Waals surface area contributed by atoms with Crippen LogP contribution in [0.4, 0.5) is 23.2 Å². The van der Waals surface area contributed by atoms with Crippen molar-refractivity contribution >= 4 is 29.3 Å². The first kappa shape index (κ1) is 41.1. The predicted octanol–water partition coefficient (Wildman–Crippen LogP) is 5.27. The first-order valence-corrected chi connectivity index (χ1v) is 21.2. The van der Waals surface area contributed by atoms with Crippen molar-refractivity contribution in [1.29, 1.82) is 0 Å². The van der Waals surface area contributed by atoms with Gasteiger partial charge in [0, 0.05) is 79.7 Å². The number of hydrogen-bond acceptors (Lipinski definition) is 9. The van der Waals surface area contributed by atoms with Gasteiger partial charge in [-0.3, -0.25) is 34.3 Å². The molecule has 1 spiro atoms. The van der Waals surface area contributed by atoms with E-state index in [1.807, 2.05) is 20.8 Å². The number of methoxy groups -OCH3 is 1. The zero-order valence-electron chi connectivity index (χ0n) is 34.3. The van der Waals surface area contributed by atoms with Crippen molar-refractivity contribution < 1.29 is 46.6 Å². The Bertz CT molecular complexity index is 2270. The lowest BCUT2D eigenvalue weighted by atomic mass is 9.71. The normalized spacial score (nSPS) is 24.0. The Morgan fingerprint density at radius 1 is 0.934 bits per heavy atom. The highest BCUT2D eigenvalue weighted by molar-refractivity contribution is 6.06. The fourth-order valence-electron chi connectivity index (χ4n) is 10.9. The van der Waals surface area contributed by atoms with Crippen molar-refractivity contribution in [3.05, 3.63) is 87.0 Å². The molecule has 3 saturated heterocycles. The molecule has 3 aromatic rings. The first-order valence-electron chi connectivity index (χ1n) is 21.2. The molecule has 2 N–H and O–H groups in total. The van der Waals surface area contributed by atoms with Crippen LogP contribution in [-0.4, -0.2) is 113 Å². The Balaban J connectivity index is 0.808. The highest BCUT2D eigenvalue weighted by atomic mass is 19.3. The molecule has 16 heteroatoms. The minimum absolute atomic E-state index is 0.000348. The molecule has 0 aliphatic carbocycles. The van der Waals surface area contributed by atoms with Crippen LogP contribution in [0.5, 0.6) is 11.5 Å². The number of imide groups is 1. The molecule has 4 amide bonds. The number of fused-ring (bicyclic) bond motifs is 3. The van der Waals surface area contributed by atoms with Gasteiger partial charge in [-0.2, -0.15) is 0 Å². The monoisotopic (exact) mass is 846 g/mol. The van der Waals surface area contributed by atoms with E-state index >= 15 is 8.78 Å². The minimum Gasteiger partial charge on any atom is -0.508 e. The highest BCUT2D eigenvalue weighted by Crippen LogP contribution is 2.46. The number of benzene rings is 3. The number of piperidine rings is 3. The van der Waals surface area contributed by atoms with Crippen LogP contribution >= 0.6 is 0 Å². The fourth-order valence-corrected chi connectivity index (χ4v) is 10.9. The number of nitrogens with one attached hydrogen (secondary N) is 1. The lowest BCUT2D eigenvalue weighted by Gasteiger charge is -2.47. The number of phenols is 1. The Hall–Kier alpha value is -5.22. The lowest BCUT2D eigenvalue weighted by Crippen LogP contribution is -2.52. The number of halogens is 4. The van der Waals surface area contributed by atoms with Crippen LogP contribution in [0.15, 0.2) is 36.4 Å². The number of rotatable bonds is 8. The molecular formula is C45H50F4N6O6. The van der Waals surface area contributed by atoms with Crippen molar-refractivity contribution in [2.45, 2.75) is 96.1 Å². The average Bonchev–Trinajstić information content (AvgIpc) is 3.77. The summed E-state index contributed by atoms with van der Waals surface area (Å²) < 4.78 is 65.7. The Morgan fingerprint density at radius 2 is 1.64 bits per heavy atom. The number of amides is 4. The largest absolute Gasteiger partial charge is 0.508 e. The van der Waals surface area contributed by atoms with Gasteiger partial charge in [0.25, 0.3) is 12.3 Å². The van der Waals surface area contributed by atoms with Gasteiger partial charge >= 0.3 is 0 Å². The number of alkyl halides is 2. The van der Waals surface area contributed by atoms with Gasteiger partial charge in [0.2, 0.25) is 17.7 Å². The van der Waals surface area contributed by atoms with Crippen molar-refractivity contribution in [2.24, 2.45) is 5.41 Å². The van der Waals surface area contributed by atoms with E-state index in [1.54, 1.807) is 20.1 Å². The standard InChI is InChI=1S/C45H50F4N6O6/c1-25-15-26-16-29(56)3-4-30(26)41(54(25)23-37(48)49)40-34(46)18-28(19-35(40)47)52-11-7-45(8-12-52)9-13-53(14-10-45)39(58)24-51-20-27-17-31-33(42(61-2)32(27)21-51)22-55(44(31)60)36-5-6-38(57)50-43(36)59/h3-4,16-19,25,36-37,41,56H,5-15,20-24H2,1-2H3,(H,50,57,59)/t25-,36?,41+/m1/s1. The number of anilines is 1. The molecule has 6 heterocycles. The lowest BCUT2D eigenvalue weighted by molar-refractivity contribution is -0.137. The SMILES string of the molecule is COc1c2c(cc3c1CN(C1CCC(=O)NC1=O)C3=O)CN(CC(=O)N1CCC3(CC1)CCN(c1cc(F)c([C@@H]4c5ccc(O)cc5C[C@@H](C)N4CC(F)F)c(F)c1)CC3)C2. The number of aromatic hydroxyl groups is 1. The summed E-state index contributed by atoms with van der Waals surface area (Å²) >= 11 is 0. The van der Waals surface area contributed by atoms with Gasteiger partial charge in [-0.25, -0.2) is 17.6 Å². The number of ether oxygens (including phenoxy) is 1. The van der Waals surface area contributed by atoms with Crippen LogP contribution in [0.1, 0.15) is 95.2 Å². The van der Waals surface area contributed by atoms with Gasteiger partial charge < -0.3 is 24.5 Å². The molecule has 1 unspecified atom stereocenters. The zero-order chi connectivity index (χ0) is 42.9. The topological polar surface area (TPSA) is 126 Å². The molecule has 6 aliphatic rings. The Kier molecular flexibility index (Phi) is 10.7. The molecule has 0 aromatic heterocycles. The number of phenolic OH excluding ortho intramolecular Hbond substituents is 1. The molecule has 3 atom stereocenters. The highest BCUT2D eigenvalue weighted by Gasteiger charge is 2.44. The summed E-state index contributed by atoms with van der Waals surface area (Å²) in [6, 6.07) is 6.76. The summed E-state index contributed by atoms with van der Waals surface area (Å²) in [4.78, 5) is 60.4. The summed E-state index contributed by atoms with van der Waals surface area (Å²) in [5.74, 6) is -2.05. The quantitative estimate of drug-likeness (QED) is 0.231. The van der Waals surface area contributed by atoms with Gasteiger partial charge in [-0.15, -0.1) is 0 Å². The van der Waals surface area contributed by atoms with Gasteiger partial charge in [0.05, 0.1) is 32.8 Å². The third-order valence-electron chi connectivity index (χ3n) is 14.2. The molecule has 3 aromatic carbocycles. The second-order valence-corrected chi connectivity index (χ2v) is 17.7. The zero-order valence-corrected chi connectivity index (χ0v) is 34.3. The number of hydrogen-bond donors (Lipinski definition) is 2. The van der Waals surface area contributed by atoms with E-state index in [9.17, 15) is 33.1 Å². The van der Waals surface area contributed by atoms with E-state index in [4.69, 9.17) is 4.74 Å². The maximum Gasteiger partial charge on any atom is 0.255 e. The molecule has 3 fully saturated rings. The van der Waals surface area contributed by atoms with Crippen molar-refractivity contribution in [2.75, 3.05) is 51.3 Å². The van der Waals surface area contributed by atoms with E-state index in [2.05, 4.69) is 5.32 Å². The average molecular weight is 847 g/mol. The van der Waals surface area contributed by atoms with E-state index in [0.717, 1.165) is 36.8 Å². The first-order chi connectivity index (χ1) is 29.2. The van der Waals surface area contributed by atoms with Crippen LogP contribution in [0.25, 0.3) is 0 Å². The van der Waals surface area contributed by atoms with Crippen molar-refractivity contribution in [3.8, 4) is 11.5 Å². The van der Waals surface area contributed by atoms with Crippen LogP contribution < -0.4 is 15.0 Å². The number of likely N-dealkylation sites (tertiary alicyclic amines) is 1. The third-order valence-corrected chi connectivity index (χ3v) is 14.2. The van der Waals surface area contributed by atoms with Crippen molar-refractivity contribution in [1.82, 2.24) is 24.9 Å². The molecular weight excluding hydrogens is 797 g/mol. The Morgan fingerprint density at radius 3 is 2.31 bits per heavy atom. The summed E-state index contributed by atoms with van der Waals surface area (Å²) in [5.41, 5.74) is 4.33. The summed E-state index contributed by atoms with van der Waals surface area (Å²) in [6.45, 7) is 4.84. The van der Waals surface area contributed by atoms with Crippen LogP contribution in [-0.2, 0) is 40.4 Å². The van der Waals surface area contributed by atoms with Crippen molar-refractivity contribution in [3.63, 3.8) is 0 Å². The number of nitrogens with zero attached hydrogens (tertiary/aromatic N) is 5. The molecule has 0 saturated carbocycles. The number of carbonyl (C=O) groups is 4. The Labute approximate surface area is 351 Å². The van der Waals surface area contributed by atoms with Crippen LogP contribution in [0.3, 0.4) is 0 Å². The van der Waals surface area contributed by atoms with Gasteiger partial charge in [0.15, 0.2) is 0 Å². The summed E-state index contributed by atoms with van der Waals surface area (Å²) in [5, 5.41) is 12.4. The third kappa shape index (κ3) is 7.49. The molecule has 9 rings (SSSR count). The molecule has 0 bridgehead atoms. The molecule has 61 heavy (non-hydrogen) atoms. The fraction of sp³-hybridized carbons (Fsp3) is 0.511.